The second-order valence-corrected chi connectivity index (χ2v) is 9.25. The number of carbonyl (C=O) groups is 1. The van der Waals surface area contributed by atoms with Crippen LogP contribution in [0.2, 0.25) is 0 Å². The van der Waals surface area contributed by atoms with Crippen molar-refractivity contribution in [1.29, 1.82) is 0 Å². The molecule has 5 rings (SSSR count). The third-order valence-corrected chi connectivity index (χ3v) is 7.22. The van der Waals surface area contributed by atoms with Gasteiger partial charge in [-0.15, -0.1) is 11.3 Å². The van der Waals surface area contributed by atoms with Crippen LogP contribution in [0.15, 0.2) is 57.9 Å². The molecule has 10 heteroatoms. The highest BCUT2D eigenvalue weighted by molar-refractivity contribution is 7.10. The van der Waals surface area contributed by atoms with Gasteiger partial charge < -0.3 is 14.3 Å². The Morgan fingerprint density at radius 3 is 2.62 bits per heavy atom. The number of nitrogens with zero attached hydrogens (tertiary/aromatic N) is 4. The van der Waals surface area contributed by atoms with Gasteiger partial charge in [0.05, 0.1) is 16.3 Å². The molecule has 0 spiro atoms. The van der Waals surface area contributed by atoms with E-state index < -0.39 is 17.7 Å². The molecule has 2 aromatic heterocycles. The molecule has 2 aliphatic rings. The molecule has 2 aliphatic heterocycles. The van der Waals surface area contributed by atoms with E-state index in [2.05, 4.69) is 5.16 Å². The number of carbonyl (C=O) groups excluding carboxylic acids is 1. The van der Waals surface area contributed by atoms with Crippen molar-refractivity contribution in [2.45, 2.75) is 37.8 Å². The van der Waals surface area contributed by atoms with Crippen molar-refractivity contribution in [1.82, 2.24) is 14.5 Å². The average molecular weight is 485 g/mol. The Morgan fingerprint density at radius 2 is 1.88 bits per heavy atom. The maximum atomic E-state index is 14.1. The van der Waals surface area contributed by atoms with E-state index in [1.165, 1.54) is 40.2 Å². The van der Waals surface area contributed by atoms with Crippen LogP contribution in [0.4, 0.5) is 8.78 Å². The highest BCUT2D eigenvalue weighted by atomic mass is 32.1. The van der Waals surface area contributed by atoms with Crippen molar-refractivity contribution in [3.05, 3.63) is 86.2 Å². The second kappa shape index (κ2) is 9.46. The molecule has 0 N–H and O–H groups in total. The van der Waals surface area contributed by atoms with Crippen LogP contribution in [0.5, 0.6) is 0 Å². The van der Waals surface area contributed by atoms with Gasteiger partial charge in [-0.2, -0.15) is 0 Å². The first kappa shape index (κ1) is 22.4. The maximum absolute atomic E-state index is 14.1. The molecular formula is C24H22F2N4O3S. The second-order valence-electron chi connectivity index (χ2n) is 8.36. The third kappa shape index (κ3) is 4.50. The summed E-state index contributed by atoms with van der Waals surface area (Å²) in [6.45, 7) is 1.23. The Kier molecular flexibility index (Phi) is 6.23. The van der Waals surface area contributed by atoms with Gasteiger partial charge in [-0.3, -0.25) is 9.59 Å². The summed E-state index contributed by atoms with van der Waals surface area (Å²) >= 11 is 1.52. The molecule has 1 fully saturated rings. The molecule has 1 unspecified atom stereocenters. The fourth-order valence-electron chi connectivity index (χ4n) is 4.32. The Morgan fingerprint density at radius 1 is 1.12 bits per heavy atom. The van der Waals surface area contributed by atoms with E-state index in [4.69, 9.17) is 9.82 Å². The zero-order valence-electron chi connectivity index (χ0n) is 18.2. The number of likely N-dealkylation sites (tertiary alicyclic amines) is 1. The summed E-state index contributed by atoms with van der Waals surface area (Å²) in [6.07, 6.45) is 2.59. The first-order valence-corrected chi connectivity index (χ1v) is 11.9. The van der Waals surface area contributed by atoms with Crippen LogP contribution in [0, 0.1) is 11.6 Å². The molecule has 1 atom stereocenters. The molecule has 0 aliphatic carbocycles. The lowest BCUT2D eigenvalue weighted by Crippen LogP contribution is -2.41. The number of thiazole rings is 1. The van der Waals surface area contributed by atoms with Gasteiger partial charge in [-0.1, -0.05) is 17.3 Å². The van der Waals surface area contributed by atoms with E-state index in [1.54, 1.807) is 23.2 Å². The predicted octanol–water partition coefficient (Wildman–Crippen LogP) is 3.85. The van der Waals surface area contributed by atoms with Gasteiger partial charge >= 0.3 is 0 Å². The van der Waals surface area contributed by atoms with Crippen LogP contribution >= 0.6 is 11.3 Å². The molecular weight excluding hydrogens is 462 g/mol. The maximum Gasteiger partial charge on any atom is 0.250 e. The van der Waals surface area contributed by atoms with E-state index in [0.29, 0.717) is 24.5 Å². The number of benzene rings is 1. The number of amides is 1. The van der Waals surface area contributed by atoms with Gasteiger partial charge in [0.25, 0.3) is 5.56 Å². The zero-order valence-corrected chi connectivity index (χ0v) is 19.0. The number of rotatable bonds is 5. The van der Waals surface area contributed by atoms with Crippen LogP contribution < -0.4 is 5.56 Å². The summed E-state index contributed by atoms with van der Waals surface area (Å²) in [4.78, 5) is 36.3. The van der Waals surface area contributed by atoms with E-state index in [1.807, 2.05) is 5.38 Å². The summed E-state index contributed by atoms with van der Waals surface area (Å²) in [6, 6.07) is 8.55. The molecule has 7 nitrogen and oxygen atoms in total. The number of hydrogen-bond acceptors (Lipinski definition) is 6. The zero-order chi connectivity index (χ0) is 23.7. The summed E-state index contributed by atoms with van der Waals surface area (Å²) in [7, 11) is 0. The fraction of sp³-hybridized carbons (Fsp3) is 0.333. The molecule has 3 aromatic rings. The van der Waals surface area contributed by atoms with Gasteiger partial charge in [0, 0.05) is 43.1 Å². The number of aromatic nitrogens is 2. The van der Waals surface area contributed by atoms with Gasteiger partial charge in [0.1, 0.15) is 23.9 Å². The monoisotopic (exact) mass is 484 g/mol. The molecule has 1 aromatic carbocycles. The largest absolute Gasteiger partial charge is 0.387 e. The van der Waals surface area contributed by atoms with Gasteiger partial charge in [0.15, 0.2) is 6.10 Å². The molecule has 1 saturated heterocycles. The first-order chi connectivity index (χ1) is 16.5. The SMILES string of the molecule is O=C(Cn1ccccc1=O)N1CCC(c2nc(C3=NOC(c4c(F)cccc4F)C3)cs2)CC1. The van der Waals surface area contributed by atoms with Crippen LogP contribution in [-0.4, -0.2) is 39.2 Å². The molecule has 1 amide bonds. The standard InChI is InChI=1S/C24H22F2N4O3S/c25-16-4-3-5-17(26)23(16)20-12-18(28-33-20)19-14-34-24(27-19)15-7-10-29(11-8-15)22(32)13-30-9-2-1-6-21(30)31/h1-6,9,14-15,20H,7-8,10-13H2. The van der Waals surface area contributed by atoms with Crippen molar-refractivity contribution >= 4 is 23.0 Å². The molecule has 34 heavy (non-hydrogen) atoms. The molecule has 0 radical (unpaired) electrons. The fourth-order valence-corrected chi connectivity index (χ4v) is 5.32. The van der Waals surface area contributed by atoms with E-state index >= 15 is 0 Å². The summed E-state index contributed by atoms with van der Waals surface area (Å²) in [5.74, 6) is -1.17. The highest BCUT2D eigenvalue weighted by Crippen LogP contribution is 2.35. The number of oxime groups is 1. The third-order valence-electron chi connectivity index (χ3n) is 6.21. The number of hydrogen-bond donors (Lipinski definition) is 0. The molecule has 4 heterocycles. The van der Waals surface area contributed by atoms with E-state index in [9.17, 15) is 18.4 Å². The Bertz CT molecular complexity index is 1280. The Labute approximate surface area is 198 Å². The topological polar surface area (TPSA) is 76.8 Å². The highest BCUT2D eigenvalue weighted by Gasteiger charge is 2.31. The van der Waals surface area contributed by atoms with Crippen LogP contribution in [0.25, 0.3) is 0 Å². The minimum absolute atomic E-state index is 0.0370. The summed E-state index contributed by atoms with van der Waals surface area (Å²) in [5, 5.41) is 6.87. The molecule has 176 valence electrons. The lowest BCUT2D eigenvalue weighted by Gasteiger charge is -2.31. The summed E-state index contributed by atoms with van der Waals surface area (Å²) < 4.78 is 29.6. The molecule has 0 saturated carbocycles. The van der Waals surface area contributed by atoms with Crippen LogP contribution in [-0.2, 0) is 16.2 Å². The normalized spacial score (nSPS) is 18.6. The predicted molar refractivity (Wildman–Crippen MR) is 123 cm³/mol. The van der Waals surface area contributed by atoms with Crippen molar-refractivity contribution in [2.75, 3.05) is 13.1 Å². The first-order valence-electron chi connectivity index (χ1n) is 11.0. The van der Waals surface area contributed by atoms with Crippen molar-refractivity contribution in [3.8, 4) is 0 Å². The van der Waals surface area contributed by atoms with Crippen LogP contribution in [0.1, 0.15) is 47.5 Å². The Balaban J connectivity index is 1.18. The number of piperidine rings is 1. The average Bonchev–Trinajstić information content (AvgIpc) is 3.51. The molecule has 0 bridgehead atoms. The van der Waals surface area contributed by atoms with Crippen LogP contribution in [0.3, 0.4) is 0 Å². The lowest BCUT2D eigenvalue weighted by molar-refractivity contribution is -0.132. The smallest absolute Gasteiger partial charge is 0.250 e. The Hall–Kier alpha value is -3.40. The van der Waals surface area contributed by atoms with Crippen molar-refractivity contribution < 1.29 is 18.4 Å². The van der Waals surface area contributed by atoms with Crippen molar-refractivity contribution in [2.24, 2.45) is 5.16 Å². The lowest BCUT2D eigenvalue weighted by atomic mass is 9.97. The van der Waals surface area contributed by atoms with Gasteiger partial charge in [-0.05, 0) is 31.0 Å². The van der Waals surface area contributed by atoms with E-state index in [0.717, 1.165) is 17.8 Å². The van der Waals surface area contributed by atoms with Gasteiger partial charge in [0.2, 0.25) is 5.91 Å². The number of pyridine rings is 1. The summed E-state index contributed by atoms with van der Waals surface area (Å²) in [5.41, 5.74) is 0.906. The quantitative estimate of drug-likeness (QED) is 0.551. The number of halogens is 2. The van der Waals surface area contributed by atoms with Crippen molar-refractivity contribution in [3.63, 3.8) is 0 Å². The minimum Gasteiger partial charge on any atom is -0.387 e. The van der Waals surface area contributed by atoms with E-state index in [-0.39, 0.29) is 35.9 Å². The van der Waals surface area contributed by atoms with Gasteiger partial charge in [-0.25, -0.2) is 13.8 Å². The minimum atomic E-state index is -0.812.